The van der Waals surface area contributed by atoms with Crippen LogP contribution in [0.5, 0.6) is 0 Å². The number of thiazole rings is 1. The zero-order valence-corrected chi connectivity index (χ0v) is 12.5. The van der Waals surface area contributed by atoms with Crippen molar-refractivity contribution in [3.8, 4) is 0 Å². The van der Waals surface area contributed by atoms with Gasteiger partial charge in [0.1, 0.15) is 5.82 Å². The van der Waals surface area contributed by atoms with Crippen molar-refractivity contribution in [3.63, 3.8) is 0 Å². The van der Waals surface area contributed by atoms with E-state index in [1.54, 1.807) is 12.3 Å². The van der Waals surface area contributed by atoms with Gasteiger partial charge in [0.25, 0.3) is 0 Å². The van der Waals surface area contributed by atoms with Gasteiger partial charge in [-0.05, 0) is 30.5 Å². The molecule has 0 unspecified atom stereocenters. The van der Waals surface area contributed by atoms with E-state index in [4.69, 9.17) is 0 Å². The molecule has 1 N–H and O–H groups in total. The Kier molecular flexibility index (Phi) is 4.29. The molecular formula is C16H17FN2OS. The number of nitrogens with one attached hydrogen (secondary N) is 1. The summed E-state index contributed by atoms with van der Waals surface area (Å²) in [7, 11) is 0. The number of halogens is 1. The normalized spacial score (nSPS) is 15.3. The van der Waals surface area contributed by atoms with Crippen molar-refractivity contribution in [1.29, 1.82) is 0 Å². The van der Waals surface area contributed by atoms with Gasteiger partial charge in [0.15, 0.2) is 5.13 Å². The minimum Gasteiger partial charge on any atom is -0.302 e. The van der Waals surface area contributed by atoms with Gasteiger partial charge < -0.3 is 5.32 Å². The van der Waals surface area contributed by atoms with Crippen molar-refractivity contribution in [2.75, 3.05) is 5.32 Å². The van der Waals surface area contributed by atoms with Crippen LogP contribution < -0.4 is 5.32 Å². The second kappa shape index (κ2) is 6.35. The van der Waals surface area contributed by atoms with Gasteiger partial charge in [-0.25, -0.2) is 9.37 Å². The Morgan fingerprint density at radius 1 is 1.38 bits per heavy atom. The molecule has 0 bridgehead atoms. The molecule has 1 aromatic carbocycles. The lowest BCUT2D eigenvalue weighted by atomic mass is 10.1. The van der Waals surface area contributed by atoms with E-state index >= 15 is 0 Å². The van der Waals surface area contributed by atoms with Gasteiger partial charge in [0.05, 0.1) is 0 Å². The number of carbonyl (C=O) groups is 1. The van der Waals surface area contributed by atoms with Gasteiger partial charge in [-0.3, -0.25) is 4.79 Å². The molecule has 1 fully saturated rings. The van der Waals surface area contributed by atoms with Crippen molar-refractivity contribution >= 4 is 22.4 Å². The maximum absolute atomic E-state index is 13.2. The lowest BCUT2D eigenvalue weighted by molar-refractivity contribution is -0.119. The number of rotatable bonds is 4. The minimum absolute atomic E-state index is 0.0826. The monoisotopic (exact) mass is 304 g/mol. The Labute approximate surface area is 127 Å². The summed E-state index contributed by atoms with van der Waals surface area (Å²) >= 11 is 1.46. The van der Waals surface area contributed by atoms with E-state index in [1.165, 1.54) is 23.5 Å². The maximum Gasteiger partial charge on any atom is 0.229 e. The van der Waals surface area contributed by atoms with E-state index in [0.29, 0.717) is 11.6 Å². The van der Waals surface area contributed by atoms with Crippen LogP contribution in [0.2, 0.25) is 0 Å². The molecule has 0 atom stereocenters. The first kappa shape index (κ1) is 14.2. The highest BCUT2D eigenvalue weighted by atomic mass is 32.1. The maximum atomic E-state index is 13.2. The van der Waals surface area contributed by atoms with E-state index < -0.39 is 0 Å². The molecule has 1 saturated carbocycles. The molecule has 1 heterocycles. The van der Waals surface area contributed by atoms with Crippen molar-refractivity contribution in [1.82, 2.24) is 4.98 Å². The molecule has 0 saturated heterocycles. The van der Waals surface area contributed by atoms with E-state index in [0.717, 1.165) is 36.1 Å². The largest absolute Gasteiger partial charge is 0.302 e. The highest BCUT2D eigenvalue weighted by molar-refractivity contribution is 7.15. The summed E-state index contributed by atoms with van der Waals surface area (Å²) in [4.78, 5) is 17.3. The first-order valence-corrected chi connectivity index (χ1v) is 8.02. The van der Waals surface area contributed by atoms with Gasteiger partial charge >= 0.3 is 0 Å². The average molecular weight is 304 g/mol. The third-order valence-electron chi connectivity index (χ3n) is 3.78. The topological polar surface area (TPSA) is 42.0 Å². The lowest BCUT2D eigenvalue weighted by Gasteiger charge is -2.07. The van der Waals surface area contributed by atoms with E-state index in [2.05, 4.69) is 10.3 Å². The Morgan fingerprint density at radius 3 is 2.95 bits per heavy atom. The molecule has 0 spiro atoms. The molecule has 21 heavy (non-hydrogen) atoms. The number of nitrogens with zero attached hydrogens (tertiary/aromatic N) is 1. The fourth-order valence-corrected chi connectivity index (χ4v) is 3.54. The van der Waals surface area contributed by atoms with Crippen LogP contribution >= 0.6 is 11.3 Å². The second-order valence-electron chi connectivity index (χ2n) is 5.41. The molecule has 5 heteroatoms. The molecule has 1 aromatic heterocycles. The number of carbonyl (C=O) groups excluding carboxylic acids is 1. The minimum atomic E-state index is -0.230. The van der Waals surface area contributed by atoms with Gasteiger partial charge in [-0.1, -0.05) is 25.0 Å². The summed E-state index contributed by atoms with van der Waals surface area (Å²) in [5.74, 6) is -0.00787. The molecule has 1 aliphatic rings. The Balaban J connectivity index is 1.62. The molecule has 3 rings (SSSR count). The first-order chi connectivity index (χ1) is 10.2. The van der Waals surface area contributed by atoms with Gasteiger partial charge in [0.2, 0.25) is 5.91 Å². The molecular weight excluding hydrogens is 287 g/mol. The van der Waals surface area contributed by atoms with Crippen LogP contribution in [0.4, 0.5) is 9.52 Å². The van der Waals surface area contributed by atoms with Crippen LogP contribution in [0.25, 0.3) is 0 Å². The van der Waals surface area contributed by atoms with Crippen LogP contribution in [0.1, 0.15) is 36.1 Å². The Morgan fingerprint density at radius 2 is 2.19 bits per heavy atom. The van der Waals surface area contributed by atoms with Gasteiger partial charge in [-0.2, -0.15) is 0 Å². The van der Waals surface area contributed by atoms with Crippen molar-refractivity contribution < 1.29 is 9.18 Å². The number of anilines is 1. The highest BCUT2D eigenvalue weighted by Gasteiger charge is 2.23. The number of benzene rings is 1. The third kappa shape index (κ3) is 3.67. The molecule has 0 aliphatic heterocycles. The van der Waals surface area contributed by atoms with Gasteiger partial charge in [0, 0.05) is 23.4 Å². The fourth-order valence-electron chi connectivity index (χ4n) is 2.69. The van der Waals surface area contributed by atoms with Crippen molar-refractivity contribution in [3.05, 3.63) is 46.7 Å². The predicted octanol–water partition coefficient (Wildman–Crippen LogP) is 4.00. The standard InChI is InChI=1S/C16H17FN2OS/c17-13-7-3-4-11(8-13)9-14-10-18-16(21-14)19-15(20)12-5-1-2-6-12/h3-4,7-8,10,12H,1-2,5-6,9H2,(H,18,19,20). The molecule has 2 aromatic rings. The number of hydrogen-bond acceptors (Lipinski definition) is 3. The molecule has 3 nitrogen and oxygen atoms in total. The summed E-state index contributed by atoms with van der Waals surface area (Å²) in [6.45, 7) is 0. The van der Waals surface area contributed by atoms with Crippen LogP contribution in [-0.4, -0.2) is 10.9 Å². The van der Waals surface area contributed by atoms with Crippen molar-refractivity contribution in [2.24, 2.45) is 5.92 Å². The number of hydrogen-bond donors (Lipinski definition) is 1. The quantitative estimate of drug-likeness (QED) is 0.927. The summed E-state index contributed by atoms with van der Waals surface area (Å²) < 4.78 is 13.2. The second-order valence-corrected chi connectivity index (χ2v) is 6.52. The van der Waals surface area contributed by atoms with E-state index in [-0.39, 0.29) is 17.6 Å². The van der Waals surface area contributed by atoms with E-state index in [1.807, 2.05) is 6.07 Å². The molecule has 0 radical (unpaired) electrons. The van der Waals surface area contributed by atoms with Crippen LogP contribution in [0.15, 0.2) is 30.5 Å². The van der Waals surface area contributed by atoms with E-state index in [9.17, 15) is 9.18 Å². The summed E-state index contributed by atoms with van der Waals surface area (Å²) in [6, 6.07) is 6.55. The summed E-state index contributed by atoms with van der Waals surface area (Å²) in [6.07, 6.45) is 6.62. The predicted molar refractivity (Wildman–Crippen MR) is 81.9 cm³/mol. The van der Waals surface area contributed by atoms with Crippen molar-refractivity contribution in [2.45, 2.75) is 32.1 Å². The Hall–Kier alpha value is -1.75. The highest BCUT2D eigenvalue weighted by Crippen LogP contribution is 2.27. The van der Waals surface area contributed by atoms with Crippen LogP contribution in [-0.2, 0) is 11.2 Å². The summed E-state index contributed by atoms with van der Waals surface area (Å²) in [5, 5.41) is 3.53. The van der Waals surface area contributed by atoms with Crippen LogP contribution in [0.3, 0.4) is 0 Å². The average Bonchev–Trinajstić information content (AvgIpc) is 3.10. The molecule has 1 aliphatic carbocycles. The smallest absolute Gasteiger partial charge is 0.229 e. The van der Waals surface area contributed by atoms with Crippen LogP contribution in [0, 0.1) is 11.7 Å². The molecule has 1 amide bonds. The third-order valence-corrected chi connectivity index (χ3v) is 4.69. The number of amides is 1. The zero-order valence-electron chi connectivity index (χ0n) is 11.6. The van der Waals surface area contributed by atoms with Gasteiger partial charge in [-0.15, -0.1) is 11.3 Å². The summed E-state index contributed by atoms with van der Waals surface area (Å²) in [5.41, 5.74) is 0.910. The first-order valence-electron chi connectivity index (χ1n) is 7.21. The lowest BCUT2D eigenvalue weighted by Crippen LogP contribution is -2.19. The molecule has 110 valence electrons. The Bertz CT molecular complexity index is 635. The zero-order chi connectivity index (χ0) is 14.7. The number of aromatic nitrogens is 1. The fraction of sp³-hybridized carbons (Fsp3) is 0.375. The SMILES string of the molecule is O=C(Nc1ncc(Cc2cccc(F)c2)s1)C1CCCC1.